The normalized spacial score (nSPS) is 16.8. The van der Waals surface area contributed by atoms with E-state index < -0.39 is 0 Å². The van der Waals surface area contributed by atoms with Gasteiger partial charge in [-0.2, -0.15) is 0 Å². The first-order valence-electron chi connectivity index (χ1n) is 3.43. The molecule has 3 N–H and O–H groups in total. The first-order valence-corrected chi connectivity index (χ1v) is 3.43. The third-order valence-electron chi connectivity index (χ3n) is 1.99. The number of hydrogen-bond donors (Lipinski definition) is 2. The van der Waals surface area contributed by atoms with Crippen molar-refractivity contribution in [3.63, 3.8) is 0 Å². The van der Waals surface area contributed by atoms with E-state index in [9.17, 15) is 0 Å². The molecule has 2 heteroatoms. The maximum atomic E-state index is 7.11. The summed E-state index contributed by atoms with van der Waals surface area (Å²) < 4.78 is 0. The average molecular weight is 128 g/mol. The van der Waals surface area contributed by atoms with Gasteiger partial charge in [-0.3, -0.25) is 5.41 Å². The van der Waals surface area contributed by atoms with Crippen molar-refractivity contribution in [3.05, 3.63) is 0 Å². The summed E-state index contributed by atoms with van der Waals surface area (Å²) in [6, 6.07) is 0. The number of nitrogens with one attached hydrogen (secondary N) is 1. The van der Waals surface area contributed by atoms with Crippen LogP contribution < -0.4 is 5.73 Å². The van der Waals surface area contributed by atoms with Crippen molar-refractivity contribution in [1.82, 2.24) is 0 Å². The van der Waals surface area contributed by atoms with Gasteiger partial charge in [0.2, 0.25) is 0 Å². The highest BCUT2D eigenvalue weighted by Crippen LogP contribution is 2.12. The van der Waals surface area contributed by atoms with Crippen LogP contribution >= 0.6 is 0 Å². The molecule has 9 heavy (non-hydrogen) atoms. The SMILES string of the molecule is CCC(C)C(C)C(=N)N. The molecule has 0 aromatic rings. The minimum atomic E-state index is 0.245. The van der Waals surface area contributed by atoms with E-state index in [-0.39, 0.29) is 5.92 Å². The summed E-state index contributed by atoms with van der Waals surface area (Å²) in [6.07, 6.45) is 1.10. The van der Waals surface area contributed by atoms with Crippen LogP contribution in [0.3, 0.4) is 0 Å². The van der Waals surface area contributed by atoms with E-state index in [0.717, 1.165) is 6.42 Å². The highest BCUT2D eigenvalue weighted by Gasteiger charge is 2.11. The molecular formula is C7H16N2. The molecule has 2 unspecified atom stereocenters. The molecule has 0 aliphatic rings. The lowest BCUT2D eigenvalue weighted by Crippen LogP contribution is -2.24. The maximum absolute atomic E-state index is 7.11. The first-order chi connectivity index (χ1) is 4.09. The molecule has 0 saturated carbocycles. The Morgan fingerprint density at radius 2 is 2.00 bits per heavy atom. The summed E-state index contributed by atoms with van der Waals surface area (Å²) in [7, 11) is 0. The van der Waals surface area contributed by atoms with Gasteiger partial charge in [0.1, 0.15) is 0 Å². The molecule has 0 radical (unpaired) electrons. The summed E-state index contributed by atoms with van der Waals surface area (Å²) >= 11 is 0. The lowest BCUT2D eigenvalue weighted by atomic mass is 9.93. The van der Waals surface area contributed by atoms with Crippen molar-refractivity contribution >= 4 is 5.84 Å². The fourth-order valence-corrected chi connectivity index (χ4v) is 0.660. The summed E-state index contributed by atoms with van der Waals surface area (Å²) in [5.41, 5.74) is 5.30. The third kappa shape index (κ3) is 2.49. The Bertz CT molecular complexity index is 99.1. The Morgan fingerprint density at radius 1 is 1.56 bits per heavy atom. The van der Waals surface area contributed by atoms with Gasteiger partial charge in [-0.05, 0) is 5.92 Å². The average Bonchev–Trinajstić information content (AvgIpc) is 1.84. The summed E-state index contributed by atoms with van der Waals surface area (Å²) in [5, 5.41) is 7.11. The Labute approximate surface area is 57.0 Å². The van der Waals surface area contributed by atoms with E-state index in [1.54, 1.807) is 0 Å². The number of hydrogen-bond acceptors (Lipinski definition) is 1. The Hall–Kier alpha value is -0.530. The van der Waals surface area contributed by atoms with Crippen LogP contribution in [0.15, 0.2) is 0 Å². The molecule has 0 rings (SSSR count). The number of nitrogens with two attached hydrogens (primary N) is 1. The summed E-state index contributed by atoms with van der Waals surface area (Å²) in [5.74, 6) is 1.10. The van der Waals surface area contributed by atoms with E-state index in [1.807, 2.05) is 6.92 Å². The largest absolute Gasteiger partial charge is 0.387 e. The van der Waals surface area contributed by atoms with Gasteiger partial charge in [0, 0.05) is 5.92 Å². The topological polar surface area (TPSA) is 49.9 Å². The van der Waals surface area contributed by atoms with Crippen LogP contribution in [0.1, 0.15) is 27.2 Å². The van der Waals surface area contributed by atoms with Gasteiger partial charge in [-0.15, -0.1) is 0 Å². The standard InChI is InChI=1S/C7H16N2/c1-4-5(2)6(3)7(8)9/h5-6H,4H2,1-3H3,(H3,8,9). The molecule has 0 heterocycles. The Balaban J connectivity index is 3.72. The van der Waals surface area contributed by atoms with Gasteiger partial charge in [0.25, 0.3) is 0 Å². The predicted molar refractivity (Wildman–Crippen MR) is 40.5 cm³/mol. The Kier molecular flexibility index (Phi) is 3.28. The highest BCUT2D eigenvalue weighted by atomic mass is 14.7. The van der Waals surface area contributed by atoms with Crippen LogP contribution in [0.4, 0.5) is 0 Å². The molecule has 0 spiro atoms. The van der Waals surface area contributed by atoms with Gasteiger partial charge < -0.3 is 5.73 Å². The van der Waals surface area contributed by atoms with Crippen molar-refractivity contribution in [2.75, 3.05) is 0 Å². The lowest BCUT2D eigenvalue weighted by molar-refractivity contribution is 0.465. The van der Waals surface area contributed by atoms with Gasteiger partial charge in [0.05, 0.1) is 5.84 Å². The quantitative estimate of drug-likeness (QED) is 0.440. The molecule has 0 aromatic heterocycles. The minimum absolute atomic E-state index is 0.245. The molecule has 0 aliphatic heterocycles. The fraction of sp³-hybridized carbons (Fsp3) is 0.857. The molecule has 54 valence electrons. The predicted octanol–water partition coefficient (Wildman–Crippen LogP) is 1.60. The van der Waals surface area contributed by atoms with Gasteiger partial charge >= 0.3 is 0 Å². The molecule has 2 nitrogen and oxygen atoms in total. The van der Waals surface area contributed by atoms with Crippen LogP contribution in [0.5, 0.6) is 0 Å². The van der Waals surface area contributed by atoms with Crippen molar-refractivity contribution in [2.45, 2.75) is 27.2 Å². The summed E-state index contributed by atoms with van der Waals surface area (Å²) in [4.78, 5) is 0. The molecule has 0 bridgehead atoms. The zero-order valence-corrected chi connectivity index (χ0v) is 6.44. The van der Waals surface area contributed by atoms with Crippen molar-refractivity contribution in [1.29, 1.82) is 5.41 Å². The minimum Gasteiger partial charge on any atom is -0.387 e. The molecule has 0 amide bonds. The van der Waals surface area contributed by atoms with E-state index in [0.29, 0.717) is 11.8 Å². The van der Waals surface area contributed by atoms with E-state index in [1.165, 1.54) is 0 Å². The zero-order chi connectivity index (χ0) is 7.44. The molecule has 0 aliphatic carbocycles. The summed E-state index contributed by atoms with van der Waals surface area (Å²) in [6.45, 7) is 6.23. The first kappa shape index (κ1) is 8.47. The second kappa shape index (κ2) is 3.49. The van der Waals surface area contributed by atoms with Crippen LogP contribution in [0, 0.1) is 17.2 Å². The van der Waals surface area contributed by atoms with Gasteiger partial charge in [0.15, 0.2) is 0 Å². The van der Waals surface area contributed by atoms with E-state index in [4.69, 9.17) is 11.1 Å². The van der Waals surface area contributed by atoms with Gasteiger partial charge in [-0.25, -0.2) is 0 Å². The zero-order valence-electron chi connectivity index (χ0n) is 6.44. The Morgan fingerprint density at radius 3 is 2.11 bits per heavy atom. The van der Waals surface area contributed by atoms with Crippen LogP contribution in [-0.2, 0) is 0 Å². The molecular weight excluding hydrogens is 112 g/mol. The fourth-order valence-electron chi connectivity index (χ4n) is 0.660. The molecule has 2 atom stereocenters. The molecule has 0 fully saturated rings. The highest BCUT2D eigenvalue weighted by molar-refractivity contribution is 5.79. The van der Waals surface area contributed by atoms with Crippen LogP contribution in [0.2, 0.25) is 0 Å². The van der Waals surface area contributed by atoms with Gasteiger partial charge in [-0.1, -0.05) is 27.2 Å². The molecule has 0 aromatic carbocycles. The second-order valence-electron chi connectivity index (χ2n) is 2.63. The smallest absolute Gasteiger partial charge is 0.0936 e. The monoisotopic (exact) mass is 128 g/mol. The van der Waals surface area contributed by atoms with Crippen LogP contribution in [0.25, 0.3) is 0 Å². The number of amidine groups is 1. The van der Waals surface area contributed by atoms with E-state index in [2.05, 4.69) is 13.8 Å². The van der Waals surface area contributed by atoms with Crippen molar-refractivity contribution in [3.8, 4) is 0 Å². The van der Waals surface area contributed by atoms with Crippen molar-refractivity contribution in [2.24, 2.45) is 17.6 Å². The van der Waals surface area contributed by atoms with Crippen molar-refractivity contribution < 1.29 is 0 Å². The second-order valence-corrected chi connectivity index (χ2v) is 2.63. The van der Waals surface area contributed by atoms with Crippen LogP contribution in [-0.4, -0.2) is 5.84 Å². The lowest BCUT2D eigenvalue weighted by Gasteiger charge is -2.15. The van der Waals surface area contributed by atoms with E-state index >= 15 is 0 Å². The number of rotatable bonds is 3. The third-order valence-corrected chi connectivity index (χ3v) is 1.99. The molecule has 0 saturated heterocycles. The maximum Gasteiger partial charge on any atom is 0.0936 e.